The van der Waals surface area contributed by atoms with Crippen molar-refractivity contribution in [2.75, 3.05) is 10.6 Å². The van der Waals surface area contributed by atoms with Crippen molar-refractivity contribution in [3.8, 4) is 6.07 Å². The van der Waals surface area contributed by atoms with Crippen LogP contribution in [0, 0.1) is 23.2 Å². The molecule has 0 aliphatic heterocycles. The van der Waals surface area contributed by atoms with Crippen molar-refractivity contribution in [2.24, 2.45) is 11.8 Å². The number of halogens is 1. The van der Waals surface area contributed by atoms with E-state index in [0.717, 1.165) is 0 Å². The van der Waals surface area contributed by atoms with E-state index in [1.807, 2.05) is 0 Å². The van der Waals surface area contributed by atoms with Crippen LogP contribution in [0.1, 0.15) is 31.2 Å². The molecule has 3 rings (SSSR count). The highest BCUT2D eigenvalue weighted by Crippen LogP contribution is 2.31. The van der Waals surface area contributed by atoms with Crippen molar-refractivity contribution in [1.82, 2.24) is 0 Å². The first-order valence-electron chi connectivity index (χ1n) is 8.92. The number of hydrogen-bond donors (Lipinski definition) is 2. The van der Waals surface area contributed by atoms with Crippen molar-refractivity contribution >= 4 is 34.8 Å². The number of carbonyl (C=O) groups is 2. The van der Waals surface area contributed by atoms with E-state index in [1.165, 1.54) is 0 Å². The fraction of sp³-hybridized carbons (Fsp3) is 0.286. The minimum atomic E-state index is -0.119. The number of nitriles is 1. The molecular formula is C21H20ClN3O2. The largest absolute Gasteiger partial charge is 0.326 e. The van der Waals surface area contributed by atoms with Gasteiger partial charge in [0.25, 0.3) is 0 Å². The lowest BCUT2D eigenvalue weighted by atomic mass is 9.81. The SMILES string of the molecule is N#Cc1cccc(NC(=O)C2CCC(C(=O)Nc3cccc(Cl)c3)CC2)c1. The first-order chi connectivity index (χ1) is 13.0. The summed E-state index contributed by atoms with van der Waals surface area (Å²) in [5, 5.41) is 15.3. The molecule has 1 saturated carbocycles. The van der Waals surface area contributed by atoms with Gasteiger partial charge < -0.3 is 10.6 Å². The lowest BCUT2D eigenvalue weighted by molar-refractivity contribution is -0.125. The highest BCUT2D eigenvalue weighted by molar-refractivity contribution is 6.30. The van der Waals surface area contributed by atoms with Gasteiger partial charge in [-0.1, -0.05) is 23.7 Å². The third kappa shape index (κ3) is 5.08. The van der Waals surface area contributed by atoms with Crippen LogP contribution in [-0.2, 0) is 9.59 Å². The second-order valence-corrected chi connectivity index (χ2v) is 7.17. The monoisotopic (exact) mass is 381 g/mol. The van der Waals surface area contributed by atoms with E-state index >= 15 is 0 Å². The van der Waals surface area contributed by atoms with Crippen LogP contribution >= 0.6 is 11.6 Å². The van der Waals surface area contributed by atoms with Crippen molar-refractivity contribution in [3.05, 3.63) is 59.1 Å². The standard InChI is InChI=1S/C21H20ClN3O2/c22-17-4-2-6-19(12-17)25-21(27)16-9-7-15(8-10-16)20(26)24-18-5-1-3-14(11-18)13-23/h1-6,11-12,15-16H,7-10H2,(H,24,26)(H,25,27). The van der Waals surface area contributed by atoms with Gasteiger partial charge in [-0.15, -0.1) is 0 Å². The summed E-state index contributed by atoms with van der Waals surface area (Å²) < 4.78 is 0. The van der Waals surface area contributed by atoms with Gasteiger partial charge >= 0.3 is 0 Å². The van der Waals surface area contributed by atoms with Crippen molar-refractivity contribution in [2.45, 2.75) is 25.7 Å². The van der Waals surface area contributed by atoms with E-state index in [1.54, 1.807) is 48.5 Å². The third-order valence-corrected chi connectivity index (χ3v) is 5.06. The zero-order chi connectivity index (χ0) is 19.2. The fourth-order valence-corrected chi connectivity index (χ4v) is 3.53. The van der Waals surface area contributed by atoms with Crippen LogP contribution in [0.4, 0.5) is 11.4 Å². The minimum absolute atomic E-state index is 0.0298. The van der Waals surface area contributed by atoms with E-state index < -0.39 is 0 Å². The normalized spacial score (nSPS) is 19.0. The Kier molecular flexibility index (Phi) is 6.10. The molecule has 0 heterocycles. The molecule has 0 unspecified atom stereocenters. The number of nitrogens with one attached hydrogen (secondary N) is 2. The average Bonchev–Trinajstić information content (AvgIpc) is 2.68. The van der Waals surface area contributed by atoms with Gasteiger partial charge in [-0.3, -0.25) is 9.59 Å². The Bertz CT molecular complexity index is 883. The Morgan fingerprint density at radius 2 is 1.41 bits per heavy atom. The van der Waals surface area contributed by atoms with Gasteiger partial charge in [-0.05, 0) is 62.1 Å². The predicted molar refractivity (Wildman–Crippen MR) is 105 cm³/mol. The Morgan fingerprint density at radius 3 is 1.93 bits per heavy atom. The highest BCUT2D eigenvalue weighted by atomic mass is 35.5. The molecule has 1 aliphatic rings. The molecule has 2 amide bonds. The molecule has 0 spiro atoms. The molecule has 0 bridgehead atoms. The van der Waals surface area contributed by atoms with Crippen LogP contribution in [0.3, 0.4) is 0 Å². The Hall–Kier alpha value is -2.84. The van der Waals surface area contributed by atoms with E-state index in [2.05, 4.69) is 16.7 Å². The number of hydrogen-bond acceptors (Lipinski definition) is 3. The summed E-state index contributed by atoms with van der Waals surface area (Å²) in [6.45, 7) is 0. The van der Waals surface area contributed by atoms with Crippen LogP contribution in [0.5, 0.6) is 0 Å². The fourth-order valence-electron chi connectivity index (χ4n) is 3.34. The number of anilines is 2. The van der Waals surface area contributed by atoms with E-state index in [9.17, 15) is 9.59 Å². The topological polar surface area (TPSA) is 82.0 Å². The quantitative estimate of drug-likeness (QED) is 0.812. The van der Waals surface area contributed by atoms with Crippen LogP contribution < -0.4 is 10.6 Å². The Balaban J connectivity index is 1.51. The minimum Gasteiger partial charge on any atom is -0.326 e. The summed E-state index contributed by atoms with van der Waals surface area (Å²) in [5.41, 5.74) is 1.82. The maximum absolute atomic E-state index is 12.5. The first kappa shape index (κ1) is 18.9. The summed E-state index contributed by atoms with van der Waals surface area (Å²) >= 11 is 5.94. The van der Waals surface area contributed by atoms with Gasteiger partial charge in [0.05, 0.1) is 11.6 Å². The molecule has 1 aliphatic carbocycles. The molecule has 2 aromatic rings. The van der Waals surface area contributed by atoms with Crippen molar-refractivity contribution < 1.29 is 9.59 Å². The number of rotatable bonds is 4. The molecule has 138 valence electrons. The first-order valence-corrected chi connectivity index (χ1v) is 9.30. The van der Waals surface area contributed by atoms with Gasteiger partial charge in [-0.2, -0.15) is 5.26 Å². The van der Waals surface area contributed by atoms with Crippen LogP contribution in [-0.4, -0.2) is 11.8 Å². The van der Waals surface area contributed by atoms with E-state index in [0.29, 0.717) is 47.6 Å². The van der Waals surface area contributed by atoms with E-state index in [4.69, 9.17) is 16.9 Å². The molecule has 0 aromatic heterocycles. The molecule has 27 heavy (non-hydrogen) atoms. The molecule has 2 N–H and O–H groups in total. The zero-order valence-electron chi connectivity index (χ0n) is 14.7. The number of amides is 2. The lowest BCUT2D eigenvalue weighted by Gasteiger charge is -2.27. The summed E-state index contributed by atoms with van der Waals surface area (Å²) in [6, 6.07) is 16.0. The van der Waals surface area contributed by atoms with Crippen molar-refractivity contribution in [3.63, 3.8) is 0 Å². The molecular weight excluding hydrogens is 362 g/mol. The third-order valence-electron chi connectivity index (χ3n) is 4.82. The van der Waals surface area contributed by atoms with Crippen LogP contribution in [0.25, 0.3) is 0 Å². The van der Waals surface area contributed by atoms with Gasteiger partial charge in [0, 0.05) is 28.2 Å². The molecule has 6 heteroatoms. The zero-order valence-corrected chi connectivity index (χ0v) is 15.5. The number of nitrogens with zero attached hydrogens (tertiary/aromatic N) is 1. The molecule has 0 radical (unpaired) electrons. The summed E-state index contributed by atoms with van der Waals surface area (Å²) in [7, 11) is 0. The van der Waals surface area contributed by atoms with Gasteiger partial charge in [-0.25, -0.2) is 0 Å². The molecule has 2 aromatic carbocycles. The number of benzene rings is 2. The molecule has 1 fully saturated rings. The second kappa shape index (κ2) is 8.70. The van der Waals surface area contributed by atoms with Gasteiger partial charge in [0.2, 0.25) is 11.8 Å². The van der Waals surface area contributed by atoms with Crippen molar-refractivity contribution in [1.29, 1.82) is 5.26 Å². The van der Waals surface area contributed by atoms with E-state index in [-0.39, 0.29) is 23.7 Å². The predicted octanol–water partition coefficient (Wildman–Crippen LogP) is 4.60. The van der Waals surface area contributed by atoms with Gasteiger partial charge in [0.15, 0.2) is 0 Å². The van der Waals surface area contributed by atoms with Gasteiger partial charge in [0.1, 0.15) is 0 Å². The highest BCUT2D eigenvalue weighted by Gasteiger charge is 2.30. The Morgan fingerprint density at radius 1 is 0.889 bits per heavy atom. The average molecular weight is 382 g/mol. The molecule has 5 nitrogen and oxygen atoms in total. The maximum Gasteiger partial charge on any atom is 0.227 e. The maximum atomic E-state index is 12.5. The summed E-state index contributed by atoms with van der Waals surface area (Å²) in [5.74, 6) is -0.308. The second-order valence-electron chi connectivity index (χ2n) is 6.73. The molecule has 0 saturated heterocycles. The summed E-state index contributed by atoms with van der Waals surface area (Å²) in [6.07, 6.45) is 2.67. The molecule has 0 atom stereocenters. The smallest absolute Gasteiger partial charge is 0.227 e. The van der Waals surface area contributed by atoms with Crippen LogP contribution in [0.15, 0.2) is 48.5 Å². The van der Waals surface area contributed by atoms with Crippen LogP contribution in [0.2, 0.25) is 5.02 Å². The number of carbonyl (C=O) groups excluding carboxylic acids is 2. The summed E-state index contributed by atoms with van der Waals surface area (Å²) in [4.78, 5) is 24.9. The Labute approximate surface area is 163 Å². The lowest BCUT2D eigenvalue weighted by Crippen LogP contribution is -2.32.